The molecule has 1 aromatic rings. The second kappa shape index (κ2) is 6.92. The first-order chi connectivity index (χ1) is 10.00. The summed E-state index contributed by atoms with van der Waals surface area (Å²) in [5.41, 5.74) is 0.921. The van der Waals surface area contributed by atoms with Gasteiger partial charge in [-0.05, 0) is 49.7 Å². The molecule has 2 rings (SSSR count). The summed E-state index contributed by atoms with van der Waals surface area (Å²) in [4.78, 5) is 16.7. The Morgan fingerprint density at radius 3 is 2.71 bits per heavy atom. The normalized spacial score (nSPS) is 18.2. The first-order valence-electron chi connectivity index (χ1n) is 8.02. The molecule has 2 N–H and O–H groups in total. The fraction of sp³-hybridized carbons (Fsp3) is 0.647. The average Bonchev–Trinajstić information content (AvgIpc) is 2.47. The van der Waals surface area contributed by atoms with Crippen molar-refractivity contribution in [3.8, 4) is 0 Å². The van der Waals surface area contributed by atoms with Gasteiger partial charge in [-0.2, -0.15) is 0 Å². The van der Waals surface area contributed by atoms with Crippen LogP contribution in [0.2, 0.25) is 0 Å². The highest BCUT2D eigenvalue weighted by Crippen LogP contribution is 2.35. The SMILES string of the molecule is CCCNc1cccc(C(=O)NC2CCC(C)(C)CC2)n1. The number of carbonyl (C=O) groups is 1. The van der Waals surface area contributed by atoms with Crippen molar-refractivity contribution in [2.75, 3.05) is 11.9 Å². The van der Waals surface area contributed by atoms with E-state index < -0.39 is 0 Å². The zero-order valence-corrected chi connectivity index (χ0v) is 13.4. The highest BCUT2D eigenvalue weighted by molar-refractivity contribution is 5.92. The van der Waals surface area contributed by atoms with Gasteiger partial charge in [0.2, 0.25) is 0 Å². The van der Waals surface area contributed by atoms with Crippen LogP contribution in [0.3, 0.4) is 0 Å². The Morgan fingerprint density at radius 2 is 2.05 bits per heavy atom. The Balaban J connectivity index is 1.91. The summed E-state index contributed by atoms with van der Waals surface area (Å²) in [5, 5.41) is 6.34. The van der Waals surface area contributed by atoms with Gasteiger partial charge in [0.05, 0.1) is 0 Å². The van der Waals surface area contributed by atoms with E-state index in [1.807, 2.05) is 12.1 Å². The van der Waals surface area contributed by atoms with E-state index in [0.717, 1.165) is 31.6 Å². The predicted octanol–water partition coefficient (Wildman–Crippen LogP) is 3.60. The number of pyridine rings is 1. The minimum atomic E-state index is -0.0557. The number of nitrogens with zero attached hydrogens (tertiary/aromatic N) is 1. The van der Waals surface area contributed by atoms with E-state index in [1.54, 1.807) is 6.07 Å². The Bertz CT molecular complexity index is 475. The molecule has 1 aliphatic rings. The van der Waals surface area contributed by atoms with Crippen molar-refractivity contribution >= 4 is 11.7 Å². The lowest BCUT2D eigenvalue weighted by Crippen LogP contribution is -2.39. The quantitative estimate of drug-likeness (QED) is 0.870. The lowest BCUT2D eigenvalue weighted by Gasteiger charge is -2.34. The molecule has 0 spiro atoms. The van der Waals surface area contributed by atoms with Gasteiger partial charge in [-0.1, -0.05) is 26.8 Å². The van der Waals surface area contributed by atoms with Gasteiger partial charge in [0.25, 0.3) is 5.91 Å². The summed E-state index contributed by atoms with van der Waals surface area (Å²) in [6.45, 7) is 7.58. The monoisotopic (exact) mass is 289 g/mol. The molecule has 4 heteroatoms. The molecule has 1 amide bonds. The summed E-state index contributed by atoms with van der Waals surface area (Å²) < 4.78 is 0. The number of anilines is 1. The van der Waals surface area contributed by atoms with Gasteiger partial charge in [-0.25, -0.2) is 4.98 Å². The third kappa shape index (κ3) is 4.73. The van der Waals surface area contributed by atoms with Gasteiger partial charge in [0.15, 0.2) is 0 Å². The number of carbonyl (C=O) groups excluding carboxylic acids is 1. The summed E-state index contributed by atoms with van der Waals surface area (Å²) in [5.74, 6) is 0.717. The first kappa shape index (κ1) is 15.8. The van der Waals surface area contributed by atoms with E-state index in [1.165, 1.54) is 12.8 Å². The van der Waals surface area contributed by atoms with Crippen molar-refractivity contribution in [3.63, 3.8) is 0 Å². The average molecular weight is 289 g/mol. The Kier molecular flexibility index (Phi) is 5.21. The van der Waals surface area contributed by atoms with Crippen molar-refractivity contribution < 1.29 is 4.79 Å². The zero-order valence-electron chi connectivity index (χ0n) is 13.4. The van der Waals surface area contributed by atoms with Gasteiger partial charge >= 0.3 is 0 Å². The molecule has 1 heterocycles. The van der Waals surface area contributed by atoms with Crippen LogP contribution in [0.4, 0.5) is 5.82 Å². The van der Waals surface area contributed by atoms with E-state index in [-0.39, 0.29) is 5.91 Å². The lowest BCUT2D eigenvalue weighted by atomic mass is 9.75. The van der Waals surface area contributed by atoms with E-state index in [2.05, 4.69) is 36.4 Å². The lowest BCUT2D eigenvalue weighted by molar-refractivity contribution is 0.0904. The maximum Gasteiger partial charge on any atom is 0.270 e. The summed E-state index contributed by atoms with van der Waals surface area (Å²) in [6.07, 6.45) is 5.50. The van der Waals surface area contributed by atoms with E-state index in [0.29, 0.717) is 17.2 Å². The summed E-state index contributed by atoms with van der Waals surface area (Å²) >= 11 is 0. The maximum absolute atomic E-state index is 12.3. The molecule has 1 aromatic heterocycles. The maximum atomic E-state index is 12.3. The van der Waals surface area contributed by atoms with Crippen molar-refractivity contribution in [3.05, 3.63) is 23.9 Å². The number of aromatic nitrogens is 1. The number of hydrogen-bond donors (Lipinski definition) is 2. The number of hydrogen-bond acceptors (Lipinski definition) is 3. The number of nitrogens with one attached hydrogen (secondary N) is 2. The molecule has 116 valence electrons. The predicted molar refractivity (Wildman–Crippen MR) is 86.5 cm³/mol. The zero-order chi connectivity index (χ0) is 15.3. The molecule has 0 unspecified atom stereocenters. The van der Waals surface area contributed by atoms with Crippen molar-refractivity contribution in [1.29, 1.82) is 0 Å². The molecular formula is C17H27N3O. The van der Waals surface area contributed by atoms with Crippen LogP contribution in [0.15, 0.2) is 18.2 Å². The molecule has 1 fully saturated rings. The van der Waals surface area contributed by atoms with Crippen LogP contribution in [0, 0.1) is 5.41 Å². The third-order valence-corrected chi connectivity index (χ3v) is 4.21. The van der Waals surface area contributed by atoms with Crippen molar-refractivity contribution in [1.82, 2.24) is 10.3 Å². The van der Waals surface area contributed by atoms with Gasteiger partial charge < -0.3 is 10.6 Å². The molecule has 4 nitrogen and oxygen atoms in total. The Labute approximate surface area is 127 Å². The van der Waals surface area contributed by atoms with Crippen LogP contribution in [-0.4, -0.2) is 23.5 Å². The highest BCUT2D eigenvalue weighted by atomic mass is 16.1. The summed E-state index contributed by atoms with van der Waals surface area (Å²) in [7, 11) is 0. The molecule has 1 aliphatic carbocycles. The molecule has 0 saturated heterocycles. The molecule has 0 radical (unpaired) electrons. The van der Waals surface area contributed by atoms with Gasteiger partial charge in [-0.15, -0.1) is 0 Å². The molecular weight excluding hydrogens is 262 g/mol. The largest absolute Gasteiger partial charge is 0.370 e. The van der Waals surface area contributed by atoms with E-state index in [4.69, 9.17) is 0 Å². The molecule has 0 aliphatic heterocycles. The Hall–Kier alpha value is -1.58. The second-order valence-corrected chi connectivity index (χ2v) is 6.75. The van der Waals surface area contributed by atoms with Crippen LogP contribution in [0.1, 0.15) is 63.4 Å². The van der Waals surface area contributed by atoms with Crippen LogP contribution in [0.25, 0.3) is 0 Å². The fourth-order valence-corrected chi connectivity index (χ4v) is 2.72. The second-order valence-electron chi connectivity index (χ2n) is 6.75. The third-order valence-electron chi connectivity index (χ3n) is 4.21. The summed E-state index contributed by atoms with van der Waals surface area (Å²) in [6, 6.07) is 5.85. The highest BCUT2D eigenvalue weighted by Gasteiger charge is 2.27. The minimum absolute atomic E-state index is 0.0557. The molecule has 0 aromatic carbocycles. The van der Waals surface area contributed by atoms with Crippen molar-refractivity contribution in [2.24, 2.45) is 5.41 Å². The molecule has 0 bridgehead atoms. The van der Waals surface area contributed by atoms with Crippen molar-refractivity contribution in [2.45, 2.75) is 58.9 Å². The molecule has 1 saturated carbocycles. The standard InChI is InChI=1S/C17H27N3O/c1-4-12-18-15-7-5-6-14(20-15)16(21)19-13-8-10-17(2,3)11-9-13/h5-7,13H,4,8-12H2,1-3H3,(H,18,20)(H,19,21). The van der Waals surface area contributed by atoms with Crippen LogP contribution >= 0.6 is 0 Å². The van der Waals surface area contributed by atoms with Crippen LogP contribution in [-0.2, 0) is 0 Å². The number of rotatable bonds is 5. The minimum Gasteiger partial charge on any atom is -0.370 e. The van der Waals surface area contributed by atoms with E-state index in [9.17, 15) is 4.79 Å². The topological polar surface area (TPSA) is 54.0 Å². The first-order valence-corrected chi connectivity index (χ1v) is 8.02. The van der Waals surface area contributed by atoms with Gasteiger partial charge in [0.1, 0.15) is 11.5 Å². The van der Waals surface area contributed by atoms with Gasteiger partial charge in [0, 0.05) is 12.6 Å². The van der Waals surface area contributed by atoms with Crippen LogP contribution < -0.4 is 10.6 Å². The molecule has 21 heavy (non-hydrogen) atoms. The fourth-order valence-electron chi connectivity index (χ4n) is 2.72. The van der Waals surface area contributed by atoms with E-state index >= 15 is 0 Å². The smallest absolute Gasteiger partial charge is 0.270 e. The Morgan fingerprint density at radius 1 is 1.33 bits per heavy atom. The molecule has 0 atom stereocenters. The van der Waals surface area contributed by atoms with Crippen LogP contribution in [0.5, 0.6) is 0 Å². The number of amides is 1. The van der Waals surface area contributed by atoms with Gasteiger partial charge in [-0.3, -0.25) is 4.79 Å².